The predicted octanol–water partition coefficient (Wildman–Crippen LogP) is 3.13. The van der Waals surface area contributed by atoms with Gasteiger partial charge in [0.1, 0.15) is 6.54 Å². The zero-order valence-electron chi connectivity index (χ0n) is 16.4. The molecule has 7 nitrogen and oxygen atoms in total. The summed E-state index contributed by atoms with van der Waals surface area (Å²) in [6.07, 6.45) is -0.837. The van der Waals surface area contributed by atoms with E-state index in [4.69, 9.17) is 0 Å². The van der Waals surface area contributed by atoms with Crippen molar-refractivity contribution < 1.29 is 18.0 Å². The summed E-state index contributed by atoms with van der Waals surface area (Å²) in [6.45, 7) is 3.11. The molecule has 2 aromatic heterocycles. The van der Waals surface area contributed by atoms with Gasteiger partial charge in [0.2, 0.25) is 5.91 Å². The van der Waals surface area contributed by atoms with E-state index in [0.717, 1.165) is 29.7 Å². The molecule has 1 aliphatic rings. The molecule has 10 heteroatoms. The van der Waals surface area contributed by atoms with Crippen molar-refractivity contribution in [2.45, 2.75) is 51.5 Å². The molecule has 30 heavy (non-hydrogen) atoms. The number of nitrogens with zero attached hydrogens (tertiary/aromatic N) is 4. The van der Waals surface area contributed by atoms with Crippen LogP contribution in [0.4, 0.5) is 13.2 Å². The van der Waals surface area contributed by atoms with Crippen LogP contribution in [0.5, 0.6) is 0 Å². The Bertz CT molecular complexity index is 1160. The van der Waals surface area contributed by atoms with E-state index in [1.165, 1.54) is 12.1 Å². The van der Waals surface area contributed by atoms with E-state index in [1.807, 2.05) is 4.68 Å². The van der Waals surface area contributed by atoms with Crippen LogP contribution >= 0.6 is 0 Å². The summed E-state index contributed by atoms with van der Waals surface area (Å²) in [5.41, 5.74) is 0.630. The number of rotatable bonds is 5. The maximum Gasteiger partial charge on any atom is 0.416 e. The third kappa shape index (κ3) is 3.81. The second kappa shape index (κ2) is 7.26. The van der Waals surface area contributed by atoms with Gasteiger partial charge in [-0.2, -0.15) is 23.4 Å². The Kier molecular flexibility index (Phi) is 4.87. The predicted molar refractivity (Wildman–Crippen MR) is 103 cm³/mol. The van der Waals surface area contributed by atoms with Crippen LogP contribution in [0.1, 0.15) is 48.7 Å². The Labute approximate surface area is 169 Å². The number of carbonyl (C=O) groups is 1. The number of alkyl halides is 3. The van der Waals surface area contributed by atoms with E-state index in [-0.39, 0.29) is 6.54 Å². The Morgan fingerprint density at radius 1 is 1.27 bits per heavy atom. The fourth-order valence-corrected chi connectivity index (χ4v) is 3.44. The molecule has 1 amide bonds. The summed E-state index contributed by atoms with van der Waals surface area (Å²) >= 11 is 0. The Hall–Kier alpha value is -3.17. The fourth-order valence-electron chi connectivity index (χ4n) is 3.44. The first-order chi connectivity index (χ1) is 14.1. The van der Waals surface area contributed by atoms with E-state index >= 15 is 0 Å². The second-order valence-corrected chi connectivity index (χ2v) is 7.54. The van der Waals surface area contributed by atoms with Crippen LogP contribution < -0.4 is 10.9 Å². The minimum Gasteiger partial charge on any atom is -0.348 e. The number of aromatic nitrogens is 4. The normalized spacial score (nSPS) is 15.4. The number of fused-ring (bicyclic) bond motifs is 1. The van der Waals surface area contributed by atoms with Crippen molar-refractivity contribution in [1.29, 1.82) is 0 Å². The number of hydrogen-bond acceptors (Lipinski definition) is 4. The lowest BCUT2D eigenvalue weighted by Gasteiger charge is -2.16. The molecule has 158 valence electrons. The molecule has 0 radical (unpaired) electrons. The van der Waals surface area contributed by atoms with Gasteiger partial charge >= 0.3 is 6.18 Å². The highest BCUT2D eigenvalue weighted by atomic mass is 19.4. The van der Waals surface area contributed by atoms with Crippen molar-refractivity contribution in [3.8, 4) is 0 Å². The van der Waals surface area contributed by atoms with Crippen molar-refractivity contribution >= 4 is 16.8 Å². The van der Waals surface area contributed by atoms with Crippen molar-refractivity contribution in [3.05, 3.63) is 57.6 Å². The summed E-state index contributed by atoms with van der Waals surface area (Å²) in [7, 11) is 0. The molecule has 1 N–H and O–H groups in total. The number of halogens is 3. The molecule has 1 saturated carbocycles. The lowest BCUT2D eigenvalue weighted by atomic mass is 10.1. The maximum atomic E-state index is 12.8. The number of benzene rings is 1. The summed E-state index contributed by atoms with van der Waals surface area (Å²) in [5.74, 6) is -0.469. The van der Waals surface area contributed by atoms with Gasteiger partial charge < -0.3 is 5.32 Å². The molecule has 0 saturated heterocycles. The molecule has 1 atom stereocenters. The minimum atomic E-state index is -4.41. The SMILES string of the molecule is Cc1nn(C2CC2)c2cnn(CC(=O)NC(C)c3ccc(C(F)(F)F)cc3)c(=O)c12. The number of carbonyl (C=O) groups excluding carboxylic acids is 1. The molecule has 3 aromatic rings. The van der Waals surface area contributed by atoms with E-state index in [2.05, 4.69) is 15.5 Å². The molecule has 4 rings (SSSR count). The smallest absolute Gasteiger partial charge is 0.348 e. The van der Waals surface area contributed by atoms with Gasteiger partial charge in [0.25, 0.3) is 5.56 Å². The van der Waals surface area contributed by atoms with Crippen molar-refractivity contribution in [2.24, 2.45) is 0 Å². The van der Waals surface area contributed by atoms with Gasteiger partial charge in [-0.25, -0.2) is 4.68 Å². The monoisotopic (exact) mass is 419 g/mol. The van der Waals surface area contributed by atoms with E-state index < -0.39 is 29.2 Å². The van der Waals surface area contributed by atoms with Crippen LogP contribution in [0.25, 0.3) is 10.9 Å². The van der Waals surface area contributed by atoms with Crippen molar-refractivity contribution in [1.82, 2.24) is 24.9 Å². The van der Waals surface area contributed by atoms with Crippen LogP contribution in [-0.2, 0) is 17.5 Å². The van der Waals surface area contributed by atoms with E-state index in [1.54, 1.807) is 20.0 Å². The molecule has 0 aliphatic heterocycles. The van der Waals surface area contributed by atoms with Gasteiger partial charge in [-0.1, -0.05) is 12.1 Å². The zero-order valence-corrected chi connectivity index (χ0v) is 16.4. The van der Waals surface area contributed by atoms with Gasteiger partial charge in [-0.3, -0.25) is 14.3 Å². The van der Waals surface area contributed by atoms with Crippen molar-refractivity contribution in [2.75, 3.05) is 0 Å². The Balaban J connectivity index is 1.48. The fraction of sp³-hybridized carbons (Fsp3) is 0.400. The topological polar surface area (TPSA) is 81.8 Å². The first-order valence-corrected chi connectivity index (χ1v) is 9.56. The number of amides is 1. The third-order valence-electron chi connectivity index (χ3n) is 5.19. The van der Waals surface area contributed by atoms with Gasteiger partial charge in [0, 0.05) is 0 Å². The van der Waals surface area contributed by atoms with E-state index in [9.17, 15) is 22.8 Å². The molecule has 0 spiro atoms. The van der Waals surface area contributed by atoms with Crippen LogP contribution in [-0.4, -0.2) is 25.5 Å². The first kappa shape index (κ1) is 20.1. The number of aryl methyl sites for hydroxylation is 1. The highest BCUT2D eigenvalue weighted by molar-refractivity contribution is 5.81. The number of hydrogen-bond donors (Lipinski definition) is 1. The largest absolute Gasteiger partial charge is 0.416 e. The third-order valence-corrected chi connectivity index (χ3v) is 5.19. The number of nitrogens with one attached hydrogen (secondary N) is 1. The Morgan fingerprint density at radius 3 is 2.53 bits per heavy atom. The molecular weight excluding hydrogens is 399 g/mol. The van der Waals surface area contributed by atoms with Crippen LogP contribution in [0.15, 0.2) is 35.3 Å². The summed E-state index contributed by atoms with van der Waals surface area (Å²) < 4.78 is 40.9. The maximum absolute atomic E-state index is 12.8. The standard InChI is InChI=1S/C20H20F3N5O2/c1-11(13-3-5-14(6-4-13)20(21,22)23)25-17(29)10-27-19(30)18-12(2)26-28(15-7-8-15)16(18)9-24-27/h3-6,9,11,15H,7-8,10H2,1-2H3,(H,25,29). The highest BCUT2D eigenvalue weighted by Gasteiger charge is 2.30. The van der Waals surface area contributed by atoms with Crippen molar-refractivity contribution in [3.63, 3.8) is 0 Å². The second-order valence-electron chi connectivity index (χ2n) is 7.54. The molecule has 1 aromatic carbocycles. The molecule has 2 heterocycles. The molecule has 1 aliphatic carbocycles. The van der Waals surface area contributed by atoms with Gasteiger partial charge in [0.15, 0.2) is 0 Å². The summed E-state index contributed by atoms with van der Waals surface area (Å²) in [4.78, 5) is 25.2. The zero-order chi connectivity index (χ0) is 21.6. The molecular formula is C20H20F3N5O2. The molecule has 0 bridgehead atoms. The first-order valence-electron chi connectivity index (χ1n) is 9.56. The van der Waals surface area contributed by atoms with Gasteiger partial charge in [-0.05, 0) is 44.4 Å². The van der Waals surface area contributed by atoms with Crippen LogP contribution in [0.2, 0.25) is 0 Å². The average Bonchev–Trinajstić information content (AvgIpc) is 3.47. The summed E-state index contributed by atoms with van der Waals surface area (Å²) in [6, 6.07) is 4.35. The van der Waals surface area contributed by atoms with Gasteiger partial charge in [0.05, 0.1) is 40.4 Å². The molecule has 1 unspecified atom stereocenters. The van der Waals surface area contributed by atoms with E-state index in [0.29, 0.717) is 28.2 Å². The lowest BCUT2D eigenvalue weighted by molar-refractivity contribution is -0.137. The van der Waals surface area contributed by atoms with Crippen LogP contribution in [0.3, 0.4) is 0 Å². The average molecular weight is 419 g/mol. The quantitative estimate of drug-likeness (QED) is 0.689. The summed E-state index contributed by atoms with van der Waals surface area (Å²) in [5, 5.41) is 11.7. The minimum absolute atomic E-state index is 0.297. The van der Waals surface area contributed by atoms with Crippen LogP contribution in [0, 0.1) is 6.92 Å². The lowest BCUT2D eigenvalue weighted by Crippen LogP contribution is -2.35. The highest BCUT2D eigenvalue weighted by Crippen LogP contribution is 2.36. The Morgan fingerprint density at radius 2 is 1.93 bits per heavy atom. The molecule has 1 fully saturated rings. The van der Waals surface area contributed by atoms with Gasteiger partial charge in [-0.15, -0.1) is 0 Å².